The Balaban J connectivity index is 2.43. The lowest BCUT2D eigenvalue weighted by atomic mass is 9.80. The maximum Gasteiger partial charge on any atom is 0.335 e. The molecule has 1 fully saturated rings. The minimum Gasteiger partial charge on any atom is -0.478 e. The van der Waals surface area contributed by atoms with Gasteiger partial charge in [-0.3, -0.25) is 0 Å². The molecule has 1 aromatic rings. The van der Waals surface area contributed by atoms with Crippen LogP contribution in [-0.4, -0.2) is 11.1 Å². The topological polar surface area (TPSA) is 61.1 Å². The molecule has 1 saturated carbocycles. The second-order valence-corrected chi connectivity index (χ2v) is 4.29. The molecule has 2 rings (SSSR count). The second kappa shape index (κ2) is 3.97. The molecule has 0 aliphatic heterocycles. The van der Waals surface area contributed by atoms with Crippen LogP contribution in [0.2, 0.25) is 0 Å². The smallest absolute Gasteiger partial charge is 0.335 e. The second-order valence-electron chi connectivity index (χ2n) is 4.29. The molecule has 3 heteroatoms. The van der Waals surface area contributed by atoms with Crippen molar-refractivity contribution in [3.8, 4) is 6.07 Å². The van der Waals surface area contributed by atoms with Gasteiger partial charge in [-0.15, -0.1) is 0 Å². The summed E-state index contributed by atoms with van der Waals surface area (Å²) in [6, 6.07) is 9.14. The van der Waals surface area contributed by atoms with Crippen LogP contribution in [0.15, 0.2) is 24.3 Å². The molecule has 0 unspecified atom stereocenters. The fourth-order valence-electron chi connectivity index (χ4n) is 2.39. The lowest BCUT2D eigenvalue weighted by molar-refractivity contribution is 0.0696. The fourth-order valence-corrected chi connectivity index (χ4v) is 2.39. The molecule has 16 heavy (non-hydrogen) atoms. The van der Waals surface area contributed by atoms with E-state index in [4.69, 9.17) is 5.11 Å². The van der Waals surface area contributed by atoms with Crippen LogP contribution < -0.4 is 0 Å². The quantitative estimate of drug-likeness (QED) is 0.825. The van der Waals surface area contributed by atoms with E-state index in [1.54, 1.807) is 18.2 Å². The van der Waals surface area contributed by atoms with Crippen molar-refractivity contribution >= 4 is 5.97 Å². The largest absolute Gasteiger partial charge is 0.478 e. The first-order valence-electron chi connectivity index (χ1n) is 5.43. The number of carboxylic acid groups (broad SMARTS) is 1. The summed E-state index contributed by atoms with van der Waals surface area (Å²) in [5.74, 6) is -0.937. The molecule has 0 amide bonds. The highest BCUT2D eigenvalue weighted by molar-refractivity contribution is 5.87. The van der Waals surface area contributed by atoms with E-state index in [1.807, 2.05) is 6.07 Å². The summed E-state index contributed by atoms with van der Waals surface area (Å²) in [6.45, 7) is 0. The van der Waals surface area contributed by atoms with Gasteiger partial charge in [-0.05, 0) is 30.5 Å². The van der Waals surface area contributed by atoms with E-state index in [0.717, 1.165) is 31.2 Å². The third-order valence-electron chi connectivity index (χ3n) is 3.33. The molecule has 0 spiro atoms. The average molecular weight is 215 g/mol. The minimum atomic E-state index is -0.937. The molecule has 1 N–H and O–H groups in total. The Labute approximate surface area is 94.3 Å². The number of rotatable bonds is 2. The predicted octanol–water partition coefficient (Wildman–Crippen LogP) is 2.72. The predicted molar refractivity (Wildman–Crippen MR) is 59.2 cm³/mol. The Kier molecular flexibility index (Phi) is 2.66. The van der Waals surface area contributed by atoms with E-state index >= 15 is 0 Å². The maximum absolute atomic E-state index is 10.9. The lowest BCUT2D eigenvalue weighted by Crippen LogP contribution is -2.19. The summed E-state index contributed by atoms with van der Waals surface area (Å²) in [5.41, 5.74) is 0.664. The van der Waals surface area contributed by atoms with Crippen LogP contribution in [-0.2, 0) is 5.41 Å². The van der Waals surface area contributed by atoms with Crippen molar-refractivity contribution < 1.29 is 9.90 Å². The fraction of sp³-hybridized carbons (Fsp3) is 0.385. The Morgan fingerprint density at radius 2 is 2.06 bits per heavy atom. The first kappa shape index (κ1) is 10.7. The first-order chi connectivity index (χ1) is 7.68. The molecule has 0 bridgehead atoms. The number of nitrogens with zero attached hydrogens (tertiary/aromatic N) is 1. The van der Waals surface area contributed by atoms with E-state index < -0.39 is 11.4 Å². The molecule has 0 atom stereocenters. The van der Waals surface area contributed by atoms with Crippen LogP contribution in [0.4, 0.5) is 0 Å². The third kappa shape index (κ3) is 1.67. The van der Waals surface area contributed by atoms with E-state index in [0.29, 0.717) is 0 Å². The molecule has 3 nitrogen and oxygen atoms in total. The van der Waals surface area contributed by atoms with E-state index in [9.17, 15) is 10.1 Å². The zero-order chi connectivity index (χ0) is 11.6. The molecular weight excluding hydrogens is 202 g/mol. The van der Waals surface area contributed by atoms with Gasteiger partial charge in [0, 0.05) is 0 Å². The van der Waals surface area contributed by atoms with Gasteiger partial charge >= 0.3 is 5.97 Å². The van der Waals surface area contributed by atoms with Gasteiger partial charge in [-0.2, -0.15) is 5.26 Å². The molecule has 0 radical (unpaired) electrons. The summed E-state index contributed by atoms with van der Waals surface area (Å²) < 4.78 is 0. The van der Waals surface area contributed by atoms with E-state index in [2.05, 4.69) is 6.07 Å². The monoisotopic (exact) mass is 215 g/mol. The van der Waals surface area contributed by atoms with Gasteiger partial charge in [0.2, 0.25) is 0 Å². The van der Waals surface area contributed by atoms with Gasteiger partial charge in [0.15, 0.2) is 0 Å². The number of hydrogen-bond acceptors (Lipinski definition) is 2. The Hall–Kier alpha value is -1.82. The molecule has 1 aliphatic rings. The highest BCUT2D eigenvalue weighted by atomic mass is 16.4. The van der Waals surface area contributed by atoms with Crippen molar-refractivity contribution in [2.75, 3.05) is 0 Å². The van der Waals surface area contributed by atoms with Gasteiger partial charge in [0.25, 0.3) is 0 Å². The zero-order valence-corrected chi connectivity index (χ0v) is 8.94. The van der Waals surface area contributed by atoms with Gasteiger partial charge < -0.3 is 5.11 Å². The summed E-state index contributed by atoms with van der Waals surface area (Å²) in [7, 11) is 0. The molecule has 82 valence electrons. The molecular formula is C13H13NO2. The number of hydrogen-bond donors (Lipinski definition) is 1. The lowest BCUT2D eigenvalue weighted by Gasteiger charge is -2.20. The van der Waals surface area contributed by atoms with Gasteiger partial charge in [-0.25, -0.2) is 4.79 Å². The molecule has 1 aliphatic carbocycles. The summed E-state index contributed by atoms with van der Waals surface area (Å²) >= 11 is 0. The summed E-state index contributed by atoms with van der Waals surface area (Å²) in [4.78, 5) is 10.9. The van der Waals surface area contributed by atoms with Crippen molar-refractivity contribution in [3.63, 3.8) is 0 Å². The average Bonchev–Trinajstić information content (AvgIpc) is 2.79. The van der Waals surface area contributed by atoms with E-state index in [-0.39, 0.29) is 5.56 Å². The Morgan fingerprint density at radius 3 is 2.62 bits per heavy atom. The number of benzene rings is 1. The van der Waals surface area contributed by atoms with Crippen molar-refractivity contribution in [2.24, 2.45) is 0 Å². The normalized spacial score (nSPS) is 17.9. The van der Waals surface area contributed by atoms with Crippen molar-refractivity contribution in [1.29, 1.82) is 5.26 Å². The van der Waals surface area contributed by atoms with Crippen LogP contribution in [0.25, 0.3) is 0 Å². The van der Waals surface area contributed by atoms with Crippen LogP contribution in [0.1, 0.15) is 41.6 Å². The number of aromatic carboxylic acids is 1. The minimum absolute atomic E-state index is 0.263. The summed E-state index contributed by atoms with van der Waals surface area (Å²) in [6.07, 6.45) is 3.77. The first-order valence-corrected chi connectivity index (χ1v) is 5.43. The van der Waals surface area contributed by atoms with Crippen molar-refractivity contribution in [3.05, 3.63) is 35.4 Å². The Morgan fingerprint density at radius 1 is 1.38 bits per heavy atom. The maximum atomic E-state index is 10.9. The van der Waals surface area contributed by atoms with E-state index in [1.165, 1.54) is 0 Å². The number of carboxylic acids is 1. The molecule has 0 heterocycles. The van der Waals surface area contributed by atoms with Gasteiger partial charge in [0.05, 0.1) is 17.0 Å². The van der Waals surface area contributed by atoms with Crippen LogP contribution in [0, 0.1) is 11.3 Å². The molecule has 0 aromatic heterocycles. The molecule has 1 aromatic carbocycles. The van der Waals surface area contributed by atoms with Gasteiger partial charge in [0.1, 0.15) is 0 Å². The highest BCUT2D eigenvalue weighted by Gasteiger charge is 2.35. The zero-order valence-electron chi connectivity index (χ0n) is 8.94. The summed E-state index contributed by atoms with van der Waals surface area (Å²) in [5, 5.41) is 18.2. The number of carbonyl (C=O) groups is 1. The van der Waals surface area contributed by atoms with Crippen molar-refractivity contribution in [1.82, 2.24) is 0 Å². The number of nitriles is 1. The van der Waals surface area contributed by atoms with Crippen LogP contribution in [0.3, 0.4) is 0 Å². The van der Waals surface area contributed by atoms with Crippen LogP contribution in [0.5, 0.6) is 0 Å². The SMILES string of the molecule is N#CC1(c2cccc(C(=O)O)c2)CCCC1. The molecule has 0 saturated heterocycles. The van der Waals surface area contributed by atoms with Crippen LogP contribution >= 0.6 is 0 Å². The standard InChI is InChI=1S/C13H13NO2/c14-9-13(6-1-2-7-13)11-5-3-4-10(8-11)12(15)16/h3-5,8H,1-2,6-7H2,(H,15,16). The Bertz CT molecular complexity index is 453. The van der Waals surface area contributed by atoms with Crippen molar-refractivity contribution in [2.45, 2.75) is 31.1 Å². The third-order valence-corrected chi connectivity index (χ3v) is 3.33. The highest BCUT2D eigenvalue weighted by Crippen LogP contribution is 2.40. The van der Waals surface area contributed by atoms with Gasteiger partial charge in [-0.1, -0.05) is 25.0 Å².